The molecule has 1 unspecified atom stereocenters. The van der Waals surface area contributed by atoms with Crippen LogP contribution in [-0.4, -0.2) is 36.0 Å². The fraction of sp³-hybridized carbons (Fsp3) is 0.292. The number of ether oxygens (including phenoxy) is 1. The van der Waals surface area contributed by atoms with Crippen LogP contribution in [0.1, 0.15) is 47.8 Å². The molecule has 6 nitrogen and oxygen atoms in total. The summed E-state index contributed by atoms with van der Waals surface area (Å²) in [7, 11) is 1.67. The van der Waals surface area contributed by atoms with E-state index in [0.29, 0.717) is 11.3 Å². The Kier molecular flexibility index (Phi) is 7.01. The first-order chi connectivity index (χ1) is 14.5. The smallest absolute Gasteiger partial charge is 0.215 e. The van der Waals surface area contributed by atoms with Gasteiger partial charge in [0.2, 0.25) is 5.78 Å². The van der Waals surface area contributed by atoms with E-state index >= 15 is 0 Å². The number of rotatable bonds is 9. The molecule has 2 aromatic heterocycles. The van der Waals surface area contributed by atoms with Gasteiger partial charge in [0.15, 0.2) is 0 Å². The van der Waals surface area contributed by atoms with Gasteiger partial charge in [0.1, 0.15) is 23.1 Å². The first-order valence-corrected chi connectivity index (χ1v) is 10.1. The molecule has 1 aromatic carbocycles. The van der Waals surface area contributed by atoms with Crippen molar-refractivity contribution < 1.29 is 9.53 Å². The number of hydrogen-bond acceptors (Lipinski definition) is 6. The zero-order valence-corrected chi connectivity index (χ0v) is 17.7. The number of pyridine rings is 2. The second-order valence-corrected chi connectivity index (χ2v) is 7.27. The molecule has 156 valence electrons. The van der Waals surface area contributed by atoms with E-state index in [0.717, 1.165) is 31.1 Å². The largest absolute Gasteiger partial charge is 0.497 e. The van der Waals surface area contributed by atoms with Gasteiger partial charge in [-0.2, -0.15) is 0 Å². The van der Waals surface area contributed by atoms with Crippen LogP contribution < -0.4 is 15.4 Å². The predicted octanol–water partition coefficient (Wildman–Crippen LogP) is 4.32. The van der Waals surface area contributed by atoms with Crippen molar-refractivity contribution in [1.29, 1.82) is 0 Å². The summed E-state index contributed by atoms with van der Waals surface area (Å²) in [5.41, 5.74) is 7.84. The van der Waals surface area contributed by atoms with Crippen molar-refractivity contribution in [1.82, 2.24) is 9.97 Å². The number of hydrogen-bond donors (Lipinski definition) is 1. The maximum atomic E-state index is 12.9. The predicted molar refractivity (Wildman–Crippen MR) is 120 cm³/mol. The van der Waals surface area contributed by atoms with Crippen LogP contribution in [0.4, 0.5) is 11.6 Å². The van der Waals surface area contributed by atoms with Crippen molar-refractivity contribution in [2.75, 3.05) is 30.8 Å². The van der Waals surface area contributed by atoms with Crippen LogP contribution in [0, 0.1) is 0 Å². The molecule has 0 aliphatic carbocycles. The number of aromatic nitrogens is 2. The van der Waals surface area contributed by atoms with Gasteiger partial charge in [-0.1, -0.05) is 32.0 Å². The summed E-state index contributed by atoms with van der Waals surface area (Å²) < 4.78 is 5.25. The molecule has 2 heterocycles. The van der Waals surface area contributed by atoms with Crippen molar-refractivity contribution in [2.45, 2.75) is 26.2 Å². The SMILES string of the molecule is CCCN(CC(C)c1ccc(OC)cc1)c1cccc(C(=O)c2cccnc2N)n1. The summed E-state index contributed by atoms with van der Waals surface area (Å²) in [5.74, 6) is 1.91. The third-order valence-electron chi connectivity index (χ3n) is 5.05. The van der Waals surface area contributed by atoms with Crippen molar-refractivity contribution in [3.05, 3.63) is 77.6 Å². The lowest BCUT2D eigenvalue weighted by Crippen LogP contribution is -2.29. The van der Waals surface area contributed by atoms with Crippen molar-refractivity contribution in [2.24, 2.45) is 0 Å². The zero-order valence-electron chi connectivity index (χ0n) is 17.7. The quantitative estimate of drug-likeness (QED) is 0.535. The van der Waals surface area contributed by atoms with Crippen molar-refractivity contribution in [3.63, 3.8) is 0 Å². The Morgan fingerprint density at radius 2 is 1.90 bits per heavy atom. The van der Waals surface area contributed by atoms with Crippen LogP contribution in [0.15, 0.2) is 60.8 Å². The highest BCUT2D eigenvalue weighted by Crippen LogP contribution is 2.23. The minimum atomic E-state index is -0.220. The maximum absolute atomic E-state index is 12.9. The molecule has 0 amide bonds. The zero-order chi connectivity index (χ0) is 21.5. The molecule has 1 atom stereocenters. The van der Waals surface area contributed by atoms with E-state index in [1.807, 2.05) is 24.3 Å². The Morgan fingerprint density at radius 1 is 1.13 bits per heavy atom. The van der Waals surface area contributed by atoms with E-state index in [2.05, 4.69) is 40.8 Å². The topological polar surface area (TPSA) is 81.3 Å². The van der Waals surface area contributed by atoms with Crippen LogP contribution in [0.3, 0.4) is 0 Å². The van der Waals surface area contributed by atoms with Crippen LogP contribution in [0.5, 0.6) is 5.75 Å². The third kappa shape index (κ3) is 4.95. The molecule has 6 heteroatoms. The molecule has 0 spiro atoms. The molecule has 3 rings (SSSR count). The van der Waals surface area contributed by atoms with Crippen LogP contribution in [-0.2, 0) is 0 Å². The summed E-state index contributed by atoms with van der Waals surface area (Å²) in [4.78, 5) is 23.8. The molecule has 0 fully saturated rings. The number of nitrogen functional groups attached to an aromatic ring is 1. The highest BCUT2D eigenvalue weighted by atomic mass is 16.5. The minimum absolute atomic E-state index is 0.216. The number of nitrogens with zero attached hydrogens (tertiary/aromatic N) is 3. The van der Waals surface area contributed by atoms with E-state index in [1.165, 1.54) is 5.56 Å². The molecule has 0 saturated carbocycles. The monoisotopic (exact) mass is 404 g/mol. The maximum Gasteiger partial charge on any atom is 0.215 e. The van der Waals surface area contributed by atoms with Gasteiger partial charge in [0.25, 0.3) is 0 Å². The number of benzene rings is 1. The van der Waals surface area contributed by atoms with Crippen LogP contribution in [0.25, 0.3) is 0 Å². The molecule has 30 heavy (non-hydrogen) atoms. The van der Waals surface area contributed by atoms with E-state index < -0.39 is 0 Å². The van der Waals surface area contributed by atoms with Gasteiger partial charge in [-0.05, 0) is 54.3 Å². The number of methoxy groups -OCH3 is 1. The number of ketones is 1. The van der Waals surface area contributed by atoms with Gasteiger partial charge in [-0.25, -0.2) is 9.97 Å². The molecular weight excluding hydrogens is 376 g/mol. The molecule has 0 bridgehead atoms. The number of carbonyl (C=O) groups excluding carboxylic acids is 1. The number of nitrogens with two attached hydrogens (primary N) is 1. The van der Waals surface area contributed by atoms with E-state index in [9.17, 15) is 4.79 Å². The summed E-state index contributed by atoms with van der Waals surface area (Å²) >= 11 is 0. The lowest BCUT2D eigenvalue weighted by atomic mass is 10.0. The summed E-state index contributed by atoms with van der Waals surface area (Å²) in [6, 6.07) is 17.0. The molecule has 2 N–H and O–H groups in total. The molecule has 0 aliphatic heterocycles. The summed E-state index contributed by atoms with van der Waals surface area (Å²) in [6.07, 6.45) is 2.55. The molecule has 3 aromatic rings. The van der Waals surface area contributed by atoms with E-state index in [4.69, 9.17) is 10.5 Å². The van der Waals surface area contributed by atoms with Crippen molar-refractivity contribution >= 4 is 17.4 Å². The van der Waals surface area contributed by atoms with Crippen molar-refractivity contribution in [3.8, 4) is 5.75 Å². The third-order valence-corrected chi connectivity index (χ3v) is 5.05. The summed E-state index contributed by atoms with van der Waals surface area (Å²) in [6.45, 7) is 5.96. The van der Waals surface area contributed by atoms with Crippen LogP contribution in [0.2, 0.25) is 0 Å². The average Bonchev–Trinajstić information content (AvgIpc) is 2.78. The lowest BCUT2D eigenvalue weighted by molar-refractivity contribution is 0.103. The van der Waals surface area contributed by atoms with Gasteiger partial charge in [0, 0.05) is 19.3 Å². The molecule has 0 saturated heterocycles. The van der Waals surface area contributed by atoms with Gasteiger partial charge in [0.05, 0.1) is 12.7 Å². The number of carbonyl (C=O) groups is 1. The Morgan fingerprint density at radius 3 is 2.57 bits per heavy atom. The molecular formula is C24H28N4O2. The highest BCUT2D eigenvalue weighted by Gasteiger charge is 2.18. The van der Waals surface area contributed by atoms with Gasteiger partial charge in [-0.15, -0.1) is 0 Å². The Bertz CT molecular complexity index is 989. The highest BCUT2D eigenvalue weighted by molar-refractivity contribution is 6.10. The average molecular weight is 405 g/mol. The van der Waals surface area contributed by atoms with E-state index in [1.54, 1.807) is 31.5 Å². The molecule has 0 radical (unpaired) electrons. The standard InChI is InChI=1S/C24H28N4O2/c1-4-15-28(16-17(2)18-10-12-19(30-3)13-11-18)22-9-5-8-21(27-22)23(29)20-7-6-14-26-24(20)25/h5-14,17H,4,15-16H2,1-3H3,(H2,25,26). The van der Waals surface area contributed by atoms with Gasteiger partial charge in [-0.3, -0.25) is 4.79 Å². The van der Waals surface area contributed by atoms with Crippen LogP contribution >= 0.6 is 0 Å². The second kappa shape index (κ2) is 9.87. The van der Waals surface area contributed by atoms with Gasteiger partial charge < -0.3 is 15.4 Å². The Hall–Kier alpha value is -3.41. The second-order valence-electron chi connectivity index (χ2n) is 7.27. The van der Waals surface area contributed by atoms with E-state index in [-0.39, 0.29) is 17.5 Å². The number of anilines is 2. The molecule has 0 aliphatic rings. The lowest BCUT2D eigenvalue weighted by Gasteiger charge is -2.27. The fourth-order valence-corrected chi connectivity index (χ4v) is 3.41. The first-order valence-electron chi connectivity index (χ1n) is 10.1. The first kappa shape index (κ1) is 21.3. The Balaban J connectivity index is 1.82. The summed E-state index contributed by atoms with van der Waals surface area (Å²) in [5, 5.41) is 0. The normalized spacial score (nSPS) is 11.7. The fourth-order valence-electron chi connectivity index (χ4n) is 3.41. The van der Waals surface area contributed by atoms with Gasteiger partial charge >= 0.3 is 0 Å². The Labute approximate surface area is 177 Å². The minimum Gasteiger partial charge on any atom is -0.497 e.